The maximum Gasteiger partial charge on any atom is 0.372 e. The zero-order valence-electron chi connectivity index (χ0n) is 7.89. The van der Waals surface area contributed by atoms with Gasteiger partial charge in [-0.1, -0.05) is 0 Å². The first-order valence-corrected chi connectivity index (χ1v) is 3.94. The molecule has 7 nitrogen and oxygen atoms in total. The lowest BCUT2D eigenvalue weighted by Gasteiger charge is -2.18. The minimum absolute atomic E-state index is 0.711. The van der Waals surface area contributed by atoms with E-state index >= 15 is 0 Å². The summed E-state index contributed by atoms with van der Waals surface area (Å²) in [5.74, 6) is -5.83. The fraction of sp³-hybridized carbons (Fsp3) is 0.500. The van der Waals surface area contributed by atoms with Crippen LogP contribution in [0.1, 0.15) is 19.8 Å². The van der Waals surface area contributed by atoms with Crippen LogP contribution >= 0.6 is 0 Å². The number of carboxylic acid groups (broad SMARTS) is 2. The van der Waals surface area contributed by atoms with Gasteiger partial charge in [-0.3, -0.25) is 9.59 Å². The molecule has 0 radical (unpaired) electrons. The van der Waals surface area contributed by atoms with E-state index in [0.717, 1.165) is 6.92 Å². The number of ketones is 2. The van der Waals surface area contributed by atoms with Crippen LogP contribution < -0.4 is 0 Å². The van der Waals surface area contributed by atoms with Crippen molar-refractivity contribution in [3.8, 4) is 0 Å². The first kappa shape index (κ1) is 13.2. The lowest BCUT2D eigenvalue weighted by molar-refractivity contribution is -0.166. The number of Topliss-reactive ketones (excluding diaryl/α,β-unsaturated/α-hetero) is 2. The highest BCUT2D eigenvalue weighted by Gasteiger charge is 2.41. The van der Waals surface area contributed by atoms with Gasteiger partial charge in [0.05, 0.1) is 0 Å². The van der Waals surface area contributed by atoms with Crippen molar-refractivity contribution in [2.24, 2.45) is 0 Å². The average molecular weight is 218 g/mol. The Labute approximate surface area is 84.3 Å². The van der Waals surface area contributed by atoms with E-state index in [2.05, 4.69) is 0 Å². The number of rotatable bonds is 6. The second kappa shape index (κ2) is 4.65. The Morgan fingerprint density at radius 2 is 1.60 bits per heavy atom. The van der Waals surface area contributed by atoms with Crippen LogP contribution in [0.25, 0.3) is 0 Å². The van der Waals surface area contributed by atoms with Crippen LogP contribution in [-0.4, -0.2) is 44.4 Å². The van der Waals surface area contributed by atoms with Crippen LogP contribution in [-0.2, 0) is 19.2 Å². The van der Waals surface area contributed by atoms with Gasteiger partial charge < -0.3 is 15.3 Å². The fourth-order valence-corrected chi connectivity index (χ4v) is 0.835. The summed E-state index contributed by atoms with van der Waals surface area (Å²) in [7, 11) is 0. The van der Waals surface area contributed by atoms with E-state index in [0.29, 0.717) is 0 Å². The third kappa shape index (κ3) is 3.13. The molecule has 0 aromatic heterocycles. The molecule has 0 aromatic rings. The molecule has 1 unspecified atom stereocenters. The Balaban J connectivity index is 4.60. The molecule has 0 heterocycles. The Morgan fingerprint density at radius 1 is 1.13 bits per heavy atom. The Bertz CT molecular complexity index is 303. The van der Waals surface area contributed by atoms with Crippen LogP contribution in [0, 0.1) is 0 Å². The van der Waals surface area contributed by atoms with Gasteiger partial charge in [0, 0.05) is 12.8 Å². The zero-order chi connectivity index (χ0) is 12.2. The summed E-state index contributed by atoms with van der Waals surface area (Å²) in [6.45, 7) is 0.847. The van der Waals surface area contributed by atoms with Crippen molar-refractivity contribution in [2.75, 3.05) is 0 Å². The molecule has 0 bridgehead atoms. The molecular weight excluding hydrogens is 208 g/mol. The summed E-state index contributed by atoms with van der Waals surface area (Å²) in [5, 5.41) is 26.0. The molecule has 0 saturated carbocycles. The highest BCUT2D eigenvalue weighted by Crippen LogP contribution is 2.15. The average Bonchev–Trinajstić information content (AvgIpc) is 2.12. The van der Waals surface area contributed by atoms with E-state index in [-0.39, 0.29) is 0 Å². The van der Waals surface area contributed by atoms with Crippen LogP contribution in [0.3, 0.4) is 0 Å². The molecule has 0 aromatic carbocycles. The molecule has 0 saturated heterocycles. The summed E-state index contributed by atoms with van der Waals surface area (Å²) in [6, 6.07) is 0. The summed E-state index contributed by atoms with van der Waals surface area (Å²) in [4.78, 5) is 42.0. The monoisotopic (exact) mass is 218 g/mol. The second-order valence-electron chi connectivity index (χ2n) is 2.95. The van der Waals surface area contributed by atoms with Crippen molar-refractivity contribution in [3.63, 3.8) is 0 Å². The molecule has 7 heteroatoms. The molecule has 0 rings (SSSR count). The molecule has 0 aliphatic heterocycles. The number of hydrogen-bond acceptors (Lipinski definition) is 5. The lowest BCUT2D eigenvalue weighted by Crippen LogP contribution is -2.45. The van der Waals surface area contributed by atoms with E-state index in [1.165, 1.54) is 0 Å². The maximum absolute atomic E-state index is 10.8. The number of carbonyl (C=O) groups excluding carboxylic acids is 2. The van der Waals surface area contributed by atoms with Crippen molar-refractivity contribution in [1.82, 2.24) is 0 Å². The van der Waals surface area contributed by atoms with Gasteiger partial charge >= 0.3 is 11.9 Å². The zero-order valence-corrected chi connectivity index (χ0v) is 7.89. The maximum atomic E-state index is 10.8. The minimum Gasteiger partial charge on any atom is -0.479 e. The van der Waals surface area contributed by atoms with E-state index < -0.39 is 41.9 Å². The largest absolute Gasteiger partial charge is 0.479 e. The molecule has 1 atom stereocenters. The van der Waals surface area contributed by atoms with Crippen LogP contribution in [0.5, 0.6) is 0 Å². The van der Waals surface area contributed by atoms with Crippen LogP contribution in [0.15, 0.2) is 0 Å². The second-order valence-corrected chi connectivity index (χ2v) is 2.95. The van der Waals surface area contributed by atoms with Crippen molar-refractivity contribution < 1.29 is 34.5 Å². The number of carboxylic acids is 2. The summed E-state index contributed by atoms with van der Waals surface area (Å²) in [6.07, 6.45) is -1.46. The molecule has 84 valence electrons. The van der Waals surface area contributed by atoms with Crippen molar-refractivity contribution in [2.45, 2.75) is 25.4 Å². The molecule has 0 fully saturated rings. The van der Waals surface area contributed by atoms with Crippen LogP contribution in [0.2, 0.25) is 0 Å². The van der Waals surface area contributed by atoms with Gasteiger partial charge in [-0.05, 0) is 6.92 Å². The Hall–Kier alpha value is -1.76. The molecule has 0 aliphatic carbocycles. The quantitative estimate of drug-likeness (QED) is 0.378. The van der Waals surface area contributed by atoms with E-state index in [9.17, 15) is 24.3 Å². The fourth-order valence-electron chi connectivity index (χ4n) is 0.835. The highest BCUT2D eigenvalue weighted by molar-refractivity contribution is 6.32. The third-order valence-corrected chi connectivity index (χ3v) is 1.89. The number of hydrogen-bond donors (Lipinski definition) is 3. The van der Waals surface area contributed by atoms with E-state index in [4.69, 9.17) is 10.2 Å². The minimum atomic E-state index is -2.69. The van der Waals surface area contributed by atoms with Crippen molar-refractivity contribution in [3.05, 3.63) is 0 Å². The lowest BCUT2D eigenvalue weighted by atomic mass is 9.92. The summed E-state index contributed by atoms with van der Waals surface area (Å²) < 4.78 is 0. The predicted molar refractivity (Wildman–Crippen MR) is 45.1 cm³/mol. The first-order valence-electron chi connectivity index (χ1n) is 3.94. The van der Waals surface area contributed by atoms with Gasteiger partial charge in [0.1, 0.15) is 0 Å². The topological polar surface area (TPSA) is 129 Å². The molecule has 0 aliphatic rings. The Kier molecular flexibility index (Phi) is 4.10. The van der Waals surface area contributed by atoms with Crippen molar-refractivity contribution >= 4 is 23.5 Å². The number of carbonyl (C=O) groups is 4. The van der Waals surface area contributed by atoms with Gasteiger partial charge in [-0.2, -0.15) is 0 Å². The SMILES string of the molecule is CC(=O)C(O)(CCC(=O)C(=O)O)C(=O)O. The Morgan fingerprint density at radius 3 is 1.87 bits per heavy atom. The smallest absolute Gasteiger partial charge is 0.372 e. The van der Waals surface area contributed by atoms with Gasteiger partial charge in [0.15, 0.2) is 5.78 Å². The van der Waals surface area contributed by atoms with Gasteiger partial charge in [0.2, 0.25) is 11.4 Å². The molecule has 3 N–H and O–H groups in total. The van der Waals surface area contributed by atoms with E-state index in [1.54, 1.807) is 0 Å². The van der Waals surface area contributed by atoms with E-state index in [1.807, 2.05) is 0 Å². The molecule has 0 amide bonds. The third-order valence-electron chi connectivity index (χ3n) is 1.89. The first-order chi connectivity index (χ1) is 6.71. The van der Waals surface area contributed by atoms with Gasteiger partial charge in [0.25, 0.3) is 0 Å². The van der Waals surface area contributed by atoms with Gasteiger partial charge in [-0.15, -0.1) is 0 Å². The van der Waals surface area contributed by atoms with Crippen molar-refractivity contribution in [1.29, 1.82) is 0 Å². The number of aliphatic carboxylic acids is 2. The normalized spacial score (nSPS) is 14.0. The summed E-state index contributed by atoms with van der Waals surface area (Å²) in [5.41, 5.74) is -2.69. The highest BCUT2D eigenvalue weighted by atomic mass is 16.4. The van der Waals surface area contributed by atoms with Crippen LogP contribution in [0.4, 0.5) is 0 Å². The predicted octanol–water partition coefficient (Wildman–Crippen LogP) is -1.17. The standard InChI is InChI=1S/C8H10O7/c1-4(9)8(15,7(13)14)3-2-5(10)6(11)12/h15H,2-3H2,1H3,(H,11,12)(H,13,14). The van der Waals surface area contributed by atoms with Gasteiger partial charge in [-0.25, -0.2) is 9.59 Å². The summed E-state index contributed by atoms with van der Waals surface area (Å²) >= 11 is 0. The molecule has 0 spiro atoms. The molecular formula is C8H10O7. The number of aliphatic hydroxyl groups is 1. The molecule has 15 heavy (non-hydrogen) atoms.